The van der Waals surface area contributed by atoms with E-state index in [0.717, 1.165) is 40.7 Å². The molecule has 8 nitrogen and oxygen atoms in total. The number of aliphatic hydroxyl groups excluding tert-OH is 1. The van der Waals surface area contributed by atoms with E-state index in [1.807, 2.05) is 17.7 Å². The quantitative estimate of drug-likeness (QED) is 0.652. The molecular formula is C24H32N6O2. The zero-order valence-corrected chi connectivity index (χ0v) is 18.9. The molecule has 1 aliphatic carbocycles. The van der Waals surface area contributed by atoms with Crippen molar-refractivity contribution in [3.05, 3.63) is 51.1 Å². The Morgan fingerprint density at radius 1 is 1.09 bits per heavy atom. The van der Waals surface area contributed by atoms with Crippen LogP contribution in [0.1, 0.15) is 79.5 Å². The lowest BCUT2D eigenvalue weighted by molar-refractivity contribution is 0.0651. The van der Waals surface area contributed by atoms with E-state index in [1.54, 1.807) is 0 Å². The van der Waals surface area contributed by atoms with Crippen LogP contribution in [0.3, 0.4) is 0 Å². The van der Waals surface area contributed by atoms with Gasteiger partial charge >= 0.3 is 0 Å². The Morgan fingerprint density at radius 2 is 1.84 bits per heavy atom. The number of fused-ring (bicyclic) bond motifs is 1. The van der Waals surface area contributed by atoms with Crippen LogP contribution < -0.4 is 5.56 Å². The zero-order valence-electron chi connectivity index (χ0n) is 18.9. The molecule has 0 radical (unpaired) electrons. The Bertz CT molecular complexity index is 1150. The third-order valence-corrected chi connectivity index (χ3v) is 7.42. The first-order valence-corrected chi connectivity index (χ1v) is 11.9. The van der Waals surface area contributed by atoms with Crippen molar-refractivity contribution in [3.63, 3.8) is 0 Å². The fourth-order valence-corrected chi connectivity index (χ4v) is 5.35. The van der Waals surface area contributed by atoms with Crippen LogP contribution in [-0.2, 0) is 0 Å². The Morgan fingerprint density at radius 3 is 2.59 bits per heavy atom. The maximum absolute atomic E-state index is 13.4. The molecule has 1 unspecified atom stereocenters. The van der Waals surface area contributed by atoms with Gasteiger partial charge in [0.1, 0.15) is 6.04 Å². The third-order valence-electron chi connectivity index (χ3n) is 7.42. The molecule has 8 heteroatoms. The van der Waals surface area contributed by atoms with Gasteiger partial charge in [0.25, 0.3) is 5.56 Å². The number of pyridine rings is 1. The minimum atomic E-state index is -0.339. The molecule has 1 saturated carbocycles. The average molecular weight is 437 g/mol. The van der Waals surface area contributed by atoms with Crippen molar-refractivity contribution >= 4 is 10.9 Å². The smallest absolute Gasteiger partial charge is 0.253 e. The number of hydrogen-bond acceptors (Lipinski definition) is 6. The fraction of sp³-hybridized carbons (Fsp3) is 0.583. The van der Waals surface area contributed by atoms with Crippen LogP contribution in [0.4, 0.5) is 0 Å². The molecule has 0 amide bonds. The summed E-state index contributed by atoms with van der Waals surface area (Å²) in [5, 5.41) is 24.0. The van der Waals surface area contributed by atoms with E-state index in [-0.39, 0.29) is 23.7 Å². The zero-order chi connectivity index (χ0) is 22.2. The molecule has 0 spiro atoms. The highest BCUT2D eigenvalue weighted by molar-refractivity contribution is 5.83. The van der Waals surface area contributed by atoms with E-state index in [4.69, 9.17) is 0 Å². The first kappa shape index (κ1) is 21.3. The topological polar surface area (TPSA) is 99.9 Å². The predicted octanol–water partition coefficient (Wildman–Crippen LogP) is 3.18. The van der Waals surface area contributed by atoms with Gasteiger partial charge in [-0.15, -0.1) is 5.10 Å². The van der Waals surface area contributed by atoms with Crippen molar-refractivity contribution in [1.29, 1.82) is 0 Å². The van der Waals surface area contributed by atoms with Gasteiger partial charge < -0.3 is 10.1 Å². The van der Waals surface area contributed by atoms with E-state index >= 15 is 0 Å². The second-order valence-corrected chi connectivity index (χ2v) is 9.47. The summed E-state index contributed by atoms with van der Waals surface area (Å²) in [6.07, 6.45) is 6.83. The molecule has 5 rings (SSSR count). The predicted molar refractivity (Wildman–Crippen MR) is 123 cm³/mol. The van der Waals surface area contributed by atoms with Crippen LogP contribution in [0.5, 0.6) is 0 Å². The van der Waals surface area contributed by atoms with E-state index < -0.39 is 0 Å². The number of benzene rings is 1. The lowest BCUT2D eigenvalue weighted by Gasteiger charge is -2.36. The monoisotopic (exact) mass is 436 g/mol. The molecule has 0 bridgehead atoms. The second kappa shape index (κ2) is 8.75. The van der Waals surface area contributed by atoms with Crippen molar-refractivity contribution in [3.8, 4) is 0 Å². The number of piperidine rings is 1. The summed E-state index contributed by atoms with van der Waals surface area (Å²) in [5.41, 5.74) is 3.71. The molecule has 2 fully saturated rings. The number of aromatic amines is 1. The van der Waals surface area contributed by atoms with Gasteiger partial charge in [0, 0.05) is 18.7 Å². The van der Waals surface area contributed by atoms with Gasteiger partial charge in [-0.3, -0.25) is 9.69 Å². The summed E-state index contributed by atoms with van der Waals surface area (Å²) in [5.74, 6) is 0.738. The molecule has 2 aliphatic rings. The number of nitrogens with zero attached hydrogens (tertiary/aromatic N) is 5. The van der Waals surface area contributed by atoms with Gasteiger partial charge in [-0.1, -0.05) is 31.4 Å². The van der Waals surface area contributed by atoms with Crippen molar-refractivity contribution in [1.82, 2.24) is 30.1 Å². The van der Waals surface area contributed by atoms with Crippen LogP contribution >= 0.6 is 0 Å². The number of aliphatic hydroxyl groups is 1. The highest BCUT2D eigenvalue weighted by atomic mass is 16.3. The van der Waals surface area contributed by atoms with E-state index in [9.17, 15) is 9.90 Å². The molecule has 1 atom stereocenters. The molecular weight excluding hydrogens is 404 g/mol. The molecule has 170 valence electrons. The SMILES string of the molecule is Cc1ccc2cc(C(c3nnnn3C3CCCCC3)N3CCC(O)CC3)c(=O)[nH]c2c1C. The van der Waals surface area contributed by atoms with Crippen LogP contribution in [0, 0.1) is 13.8 Å². The van der Waals surface area contributed by atoms with E-state index in [0.29, 0.717) is 31.5 Å². The van der Waals surface area contributed by atoms with Crippen LogP contribution in [0.25, 0.3) is 10.9 Å². The van der Waals surface area contributed by atoms with Crippen molar-refractivity contribution < 1.29 is 5.11 Å². The number of nitrogens with one attached hydrogen (secondary N) is 1. The van der Waals surface area contributed by atoms with Crippen molar-refractivity contribution in [2.24, 2.45) is 0 Å². The lowest BCUT2D eigenvalue weighted by atomic mass is 9.94. The number of aryl methyl sites for hydroxylation is 2. The number of likely N-dealkylation sites (tertiary alicyclic amines) is 1. The summed E-state index contributed by atoms with van der Waals surface area (Å²) in [4.78, 5) is 18.8. The average Bonchev–Trinajstić information content (AvgIpc) is 3.29. The molecule has 3 heterocycles. The summed E-state index contributed by atoms with van der Waals surface area (Å²) in [6, 6.07) is 6.11. The molecule has 2 N–H and O–H groups in total. The lowest BCUT2D eigenvalue weighted by Crippen LogP contribution is -2.42. The highest BCUT2D eigenvalue weighted by Crippen LogP contribution is 2.34. The first-order valence-electron chi connectivity index (χ1n) is 11.9. The summed E-state index contributed by atoms with van der Waals surface area (Å²) in [6.45, 7) is 5.50. The maximum atomic E-state index is 13.4. The van der Waals surface area contributed by atoms with Gasteiger partial charge in [0.05, 0.1) is 17.7 Å². The number of tetrazole rings is 1. The number of aromatic nitrogens is 5. The molecule has 1 aliphatic heterocycles. The summed E-state index contributed by atoms with van der Waals surface area (Å²) < 4.78 is 1.97. The summed E-state index contributed by atoms with van der Waals surface area (Å²) >= 11 is 0. The Labute approximate surface area is 187 Å². The van der Waals surface area contributed by atoms with Crippen LogP contribution in [-0.4, -0.2) is 54.4 Å². The fourth-order valence-electron chi connectivity index (χ4n) is 5.35. The minimum absolute atomic E-state index is 0.0967. The van der Waals surface area contributed by atoms with Gasteiger partial charge in [-0.25, -0.2) is 4.68 Å². The Kier molecular flexibility index (Phi) is 5.82. The van der Waals surface area contributed by atoms with Crippen molar-refractivity contribution in [2.45, 2.75) is 77.0 Å². The first-order chi connectivity index (χ1) is 15.5. The standard InChI is InChI=1S/C24H32N6O2/c1-15-8-9-17-14-20(24(32)25-21(17)16(15)2)22(29-12-10-19(31)11-13-29)23-26-27-28-30(23)18-6-4-3-5-7-18/h8-9,14,18-19,22,31H,3-7,10-13H2,1-2H3,(H,25,32). The van der Waals surface area contributed by atoms with Crippen molar-refractivity contribution in [2.75, 3.05) is 13.1 Å². The van der Waals surface area contributed by atoms with E-state index in [2.05, 4.69) is 44.5 Å². The molecule has 3 aromatic rings. The largest absolute Gasteiger partial charge is 0.393 e. The normalized spacial score (nSPS) is 20.1. The number of hydrogen-bond donors (Lipinski definition) is 2. The van der Waals surface area contributed by atoms with Gasteiger partial charge in [-0.05, 0) is 72.5 Å². The van der Waals surface area contributed by atoms with E-state index in [1.165, 1.54) is 19.3 Å². The van der Waals surface area contributed by atoms with Crippen LogP contribution in [0.2, 0.25) is 0 Å². The summed E-state index contributed by atoms with van der Waals surface area (Å²) in [7, 11) is 0. The minimum Gasteiger partial charge on any atom is -0.393 e. The number of H-pyrrole nitrogens is 1. The molecule has 2 aromatic heterocycles. The molecule has 1 saturated heterocycles. The van der Waals surface area contributed by atoms with Gasteiger partial charge in [-0.2, -0.15) is 0 Å². The highest BCUT2D eigenvalue weighted by Gasteiger charge is 2.34. The van der Waals surface area contributed by atoms with Gasteiger partial charge in [0.15, 0.2) is 5.82 Å². The second-order valence-electron chi connectivity index (χ2n) is 9.47. The maximum Gasteiger partial charge on any atom is 0.253 e. The third kappa shape index (κ3) is 3.86. The molecule has 32 heavy (non-hydrogen) atoms. The van der Waals surface area contributed by atoms with Gasteiger partial charge in [0.2, 0.25) is 0 Å². The van der Waals surface area contributed by atoms with Crippen LogP contribution in [0.15, 0.2) is 23.0 Å². The molecule has 1 aromatic carbocycles. The number of rotatable bonds is 4. The Balaban J connectivity index is 1.63. The Hall–Kier alpha value is -2.58.